The van der Waals surface area contributed by atoms with E-state index in [0.717, 1.165) is 10.2 Å². The van der Waals surface area contributed by atoms with E-state index in [-0.39, 0.29) is 19.7 Å². The Morgan fingerprint density at radius 3 is 2.75 bits per heavy atom. The Balaban J connectivity index is 1.85. The smallest absolute Gasteiger partial charge is 0.325 e. The van der Waals surface area contributed by atoms with Crippen molar-refractivity contribution in [2.24, 2.45) is 0 Å². The van der Waals surface area contributed by atoms with E-state index in [0.29, 0.717) is 33.6 Å². The Kier molecular flexibility index (Phi) is 9.09. The lowest BCUT2D eigenvalue weighted by Gasteiger charge is -2.15. The monoisotopic (exact) mass is 549 g/mol. The molecular weight excluding hydrogens is 526 g/mol. The second kappa shape index (κ2) is 12.4. The summed E-state index contributed by atoms with van der Waals surface area (Å²) in [5.74, 6) is 4.78. The number of anilines is 3. The van der Waals surface area contributed by atoms with Crippen LogP contribution in [0.3, 0.4) is 0 Å². The minimum atomic E-state index is -0.501. The van der Waals surface area contributed by atoms with Crippen LogP contribution >= 0.6 is 15.9 Å². The van der Waals surface area contributed by atoms with Crippen LogP contribution in [0.1, 0.15) is 12.5 Å². The number of hydrogen-bond acceptors (Lipinski definition) is 8. The minimum Gasteiger partial charge on any atom is -0.495 e. The van der Waals surface area contributed by atoms with Gasteiger partial charge in [-0.15, -0.1) is 0 Å². The molecule has 0 bridgehead atoms. The highest BCUT2D eigenvalue weighted by Gasteiger charge is 2.14. The topological polar surface area (TPSA) is 117 Å². The number of carbonyl (C=O) groups is 2. The molecule has 1 amide bonds. The van der Waals surface area contributed by atoms with E-state index in [1.165, 1.54) is 25.3 Å². The number of fused-ring (bicyclic) bond motifs is 1. The molecule has 0 spiro atoms. The fourth-order valence-corrected chi connectivity index (χ4v) is 3.68. The van der Waals surface area contributed by atoms with Crippen molar-refractivity contribution in [3.8, 4) is 23.7 Å². The van der Waals surface area contributed by atoms with Gasteiger partial charge in [0, 0.05) is 34.9 Å². The van der Waals surface area contributed by atoms with Gasteiger partial charge in [-0.2, -0.15) is 5.26 Å². The van der Waals surface area contributed by atoms with Gasteiger partial charge < -0.3 is 25.0 Å². The Labute approximate surface area is 217 Å². The Bertz CT molecular complexity index is 1390. The number of halogens is 1. The lowest BCUT2D eigenvalue weighted by atomic mass is 10.1. The molecule has 0 radical (unpaired) electrons. The number of methoxy groups -OCH3 is 1. The fraction of sp³-hybridized carbons (Fsp3) is 0.231. The van der Waals surface area contributed by atoms with Gasteiger partial charge in [-0.3, -0.25) is 14.6 Å². The van der Waals surface area contributed by atoms with Gasteiger partial charge in [0.1, 0.15) is 18.4 Å². The summed E-state index contributed by atoms with van der Waals surface area (Å²) in [4.78, 5) is 29.3. The highest BCUT2D eigenvalue weighted by Crippen LogP contribution is 2.36. The first-order chi connectivity index (χ1) is 17.4. The van der Waals surface area contributed by atoms with Crippen molar-refractivity contribution in [2.45, 2.75) is 6.92 Å². The number of nitrogens with zero attached hydrogens (tertiary/aromatic N) is 3. The number of likely N-dealkylation sites (N-methyl/N-ethyl adjacent to an activating group) is 1. The van der Waals surface area contributed by atoms with Crippen LogP contribution in [0.4, 0.5) is 17.1 Å². The Morgan fingerprint density at radius 1 is 1.25 bits per heavy atom. The quantitative estimate of drug-likeness (QED) is 0.319. The van der Waals surface area contributed by atoms with Gasteiger partial charge in [0.25, 0.3) is 5.91 Å². The Hall–Kier alpha value is -4.28. The fourth-order valence-electron chi connectivity index (χ4n) is 3.28. The second-order valence-corrected chi connectivity index (χ2v) is 8.40. The van der Waals surface area contributed by atoms with E-state index in [1.807, 2.05) is 30.3 Å². The number of carbonyl (C=O) groups excluding carboxylic acids is 2. The molecule has 0 atom stereocenters. The predicted molar refractivity (Wildman–Crippen MR) is 141 cm³/mol. The largest absolute Gasteiger partial charge is 0.495 e. The number of amides is 1. The number of ether oxygens (including phenoxy) is 2. The summed E-state index contributed by atoms with van der Waals surface area (Å²) in [7, 11) is 3.02. The third-order valence-corrected chi connectivity index (χ3v) is 5.48. The molecule has 9 nitrogen and oxygen atoms in total. The van der Waals surface area contributed by atoms with Crippen molar-refractivity contribution in [2.75, 3.05) is 44.5 Å². The lowest BCUT2D eigenvalue weighted by molar-refractivity contribution is -0.146. The molecule has 0 aliphatic rings. The van der Waals surface area contributed by atoms with E-state index < -0.39 is 11.9 Å². The molecule has 2 N–H and O–H groups in total. The molecule has 1 heterocycles. The summed E-state index contributed by atoms with van der Waals surface area (Å²) in [5.41, 5.74) is 3.04. The van der Waals surface area contributed by atoms with Crippen LogP contribution in [0, 0.1) is 23.2 Å². The molecule has 0 saturated heterocycles. The van der Waals surface area contributed by atoms with Gasteiger partial charge in [-0.25, -0.2) is 0 Å². The number of pyridine rings is 1. The summed E-state index contributed by atoms with van der Waals surface area (Å²) in [6.07, 6.45) is 1.51. The molecule has 36 heavy (non-hydrogen) atoms. The molecule has 2 aromatic carbocycles. The molecule has 0 aliphatic carbocycles. The van der Waals surface area contributed by atoms with Crippen LogP contribution in [-0.2, 0) is 14.3 Å². The van der Waals surface area contributed by atoms with Crippen LogP contribution < -0.4 is 15.4 Å². The van der Waals surface area contributed by atoms with Crippen molar-refractivity contribution in [1.29, 1.82) is 5.26 Å². The zero-order valence-electron chi connectivity index (χ0n) is 20.0. The zero-order valence-corrected chi connectivity index (χ0v) is 21.6. The molecule has 3 rings (SSSR count). The first kappa shape index (κ1) is 26.3. The van der Waals surface area contributed by atoms with E-state index in [4.69, 9.17) is 9.47 Å². The van der Waals surface area contributed by atoms with Gasteiger partial charge in [-0.05, 0) is 37.1 Å². The number of nitriles is 1. The van der Waals surface area contributed by atoms with Crippen LogP contribution in [0.25, 0.3) is 10.9 Å². The molecule has 3 aromatic rings. The first-order valence-corrected chi connectivity index (χ1v) is 11.7. The van der Waals surface area contributed by atoms with E-state index in [9.17, 15) is 14.9 Å². The molecule has 184 valence electrons. The average molecular weight is 550 g/mol. The maximum absolute atomic E-state index is 12.1. The van der Waals surface area contributed by atoms with E-state index in [2.05, 4.69) is 49.5 Å². The number of benzene rings is 2. The number of nitrogens with one attached hydrogen (secondary N) is 2. The van der Waals surface area contributed by atoms with Gasteiger partial charge >= 0.3 is 5.97 Å². The van der Waals surface area contributed by atoms with Gasteiger partial charge in [0.2, 0.25) is 0 Å². The number of esters is 1. The van der Waals surface area contributed by atoms with Crippen molar-refractivity contribution in [1.82, 2.24) is 9.88 Å². The first-order valence-electron chi connectivity index (χ1n) is 10.9. The van der Waals surface area contributed by atoms with Crippen molar-refractivity contribution >= 4 is 55.8 Å². The second-order valence-electron chi connectivity index (χ2n) is 7.49. The molecular formula is C26H24BrN5O4. The van der Waals surface area contributed by atoms with Gasteiger partial charge in [0.15, 0.2) is 0 Å². The number of hydrogen-bond donors (Lipinski definition) is 2. The van der Waals surface area contributed by atoms with Gasteiger partial charge in [0.05, 0.1) is 42.7 Å². The van der Waals surface area contributed by atoms with Gasteiger partial charge in [-0.1, -0.05) is 27.9 Å². The predicted octanol–water partition coefficient (Wildman–Crippen LogP) is 4.06. The van der Waals surface area contributed by atoms with Crippen LogP contribution in [-0.4, -0.2) is 55.6 Å². The summed E-state index contributed by atoms with van der Waals surface area (Å²) in [5, 5.41) is 16.8. The van der Waals surface area contributed by atoms with E-state index >= 15 is 0 Å². The van der Waals surface area contributed by atoms with E-state index in [1.54, 1.807) is 13.0 Å². The standard InChI is InChI=1S/C26H24BrN5O4/c1-4-36-25(34)16-32(2)24(33)9-6-10-29-22-12-20-21(13-23(22)35-3)30-15-17(14-28)26(20)31-19-8-5-7-18(27)11-19/h5,7-8,11-13,15,29H,4,10,16H2,1-3H3,(H,30,31). The molecule has 10 heteroatoms. The van der Waals surface area contributed by atoms with Crippen LogP contribution in [0.15, 0.2) is 47.1 Å². The Morgan fingerprint density at radius 2 is 2.06 bits per heavy atom. The zero-order chi connectivity index (χ0) is 26.1. The van der Waals surface area contributed by atoms with Crippen LogP contribution in [0.2, 0.25) is 0 Å². The molecule has 0 unspecified atom stereocenters. The molecule has 1 aromatic heterocycles. The normalized spacial score (nSPS) is 9.97. The molecule has 0 aliphatic heterocycles. The maximum atomic E-state index is 12.1. The minimum absolute atomic E-state index is 0.140. The van der Waals surface area contributed by atoms with Crippen molar-refractivity contribution in [3.05, 3.63) is 52.6 Å². The number of rotatable bonds is 8. The SMILES string of the molecule is CCOC(=O)CN(C)C(=O)C#CCNc1cc2c(Nc3cccc(Br)c3)c(C#N)cnc2cc1OC. The maximum Gasteiger partial charge on any atom is 0.325 e. The van der Waals surface area contributed by atoms with Crippen molar-refractivity contribution < 1.29 is 19.1 Å². The van der Waals surface area contributed by atoms with Crippen LogP contribution in [0.5, 0.6) is 5.75 Å². The highest BCUT2D eigenvalue weighted by atomic mass is 79.9. The lowest BCUT2D eigenvalue weighted by Crippen LogP contribution is -2.32. The third-order valence-electron chi connectivity index (χ3n) is 4.98. The summed E-state index contributed by atoms with van der Waals surface area (Å²) in [6.45, 7) is 1.91. The van der Waals surface area contributed by atoms with Crippen molar-refractivity contribution in [3.63, 3.8) is 0 Å². The number of aromatic nitrogens is 1. The summed E-state index contributed by atoms with van der Waals surface area (Å²) in [6, 6.07) is 13.4. The highest BCUT2D eigenvalue weighted by molar-refractivity contribution is 9.10. The molecule has 0 fully saturated rings. The summed E-state index contributed by atoms with van der Waals surface area (Å²) < 4.78 is 11.2. The average Bonchev–Trinajstić information content (AvgIpc) is 2.86. The molecule has 0 saturated carbocycles. The third kappa shape index (κ3) is 6.65. The summed E-state index contributed by atoms with van der Waals surface area (Å²) >= 11 is 3.46.